The highest BCUT2D eigenvalue weighted by molar-refractivity contribution is 9.10. The maximum atomic E-state index is 13.0. The van der Waals surface area contributed by atoms with Crippen LogP contribution in [0.5, 0.6) is 0 Å². The quantitative estimate of drug-likeness (QED) is 0.717. The number of hydrogen-bond acceptors (Lipinski definition) is 3. The van der Waals surface area contributed by atoms with E-state index < -0.39 is 17.8 Å². The van der Waals surface area contributed by atoms with Gasteiger partial charge in [0, 0.05) is 29.1 Å². The van der Waals surface area contributed by atoms with Gasteiger partial charge in [-0.1, -0.05) is 27.5 Å². The molecule has 0 radical (unpaired) electrons. The number of amides is 1. The van der Waals surface area contributed by atoms with Crippen LogP contribution in [0.4, 0.5) is 13.2 Å². The van der Waals surface area contributed by atoms with Crippen LogP contribution in [-0.4, -0.2) is 22.4 Å². The first-order valence-electron chi connectivity index (χ1n) is 7.92. The minimum absolute atomic E-state index is 0.0716. The fourth-order valence-corrected chi connectivity index (χ4v) is 2.98. The molecule has 26 heavy (non-hydrogen) atoms. The Morgan fingerprint density at radius 3 is 2.65 bits per heavy atom. The molecule has 4 nitrogen and oxygen atoms in total. The van der Waals surface area contributed by atoms with E-state index in [0.717, 1.165) is 18.9 Å². The van der Waals surface area contributed by atoms with Crippen molar-refractivity contribution in [3.63, 3.8) is 0 Å². The zero-order valence-electron chi connectivity index (χ0n) is 13.4. The van der Waals surface area contributed by atoms with Gasteiger partial charge in [0.25, 0.3) is 5.91 Å². The van der Waals surface area contributed by atoms with Gasteiger partial charge in [-0.05, 0) is 37.1 Å². The van der Waals surface area contributed by atoms with E-state index in [9.17, 15) is 18.0 Å². The standard InChI is InChI=1S/C17H14BrClF3N3O/c18-10-3-4-12(19)11(7-10)16(26)23-6-5-15-24-13(9-1-2-9)8-14(25-15)17(20,21)22/h3-4,7-9H,1-2,5-6H2,(H,23,26). The van der Waals surface area contributed by atoms with Crippen LogP contribution in [0.3, 0.4) is 0 Å². The largest absolute Gasteiger partial charge is 0.433 e. The number of hydrogen-bond donors (Lipinski definition) is 1. The number of halogens is 5. The van der Waals surface area contributed by atoms with Crippen LogP contribution >= 0.6 is 27.5 Å². The molecule has 0 aliphatic heterocycles. The van der Waals surface area contributed by atoms with Gasteiger partial charge >= 0.3 is 6.18 Å². The van der Waals surface area contributed by atoms with Gasteiger partial charge in [0.05, 0.1) is 10.6 Å². The molecule has 0 unspecified atom stereocenters. The molecule has 1 aliphatic carbocycles. The normalized spacial score (nSPS) is 14.3. The molecule has 1 aliphatic rings. The van der Waals surface area contributed by atoms with Crippen LogP contribution in [0, 0.1) is 0 Å². The summed E-state index contributed by atoms with van der Waals surface area (Å²) in [6, 6.07) is 5.87. The number of benzene rings is 1. The predicted octanol–water partition coefficient (Wildman–Crippen LogP) is 4.76. The first-order valence-corrected chi connectivity index (χ1v) is 9.09. The first kappa shape index (κ1) is 19.1. The average Bonchev–Trinajstić information content (AvgIpc) is 3.41. The average molecular weight is 449 g/mol. The van der Waals surface area contributed by atoms with Crippen LogP contribution in [0.2, 0.25) is 5.02 Å². The Balaban J connectivity index is 1.68. The van der Waals surface area contributed by atoms with Gasteiger partial charge in [0.15, 0.2) is 0 Å². The summed E-state index contributed by atoms with van der Waals surface area (Å²) in [5, 5.41) is 2.92. The lowest BCUT2D eigenvalue weighted by atomic mass is 10.2. The summed E-state index contributed by atoms with van der Waals surface area (Å²) in [6.45, 7) is 0.104. The van der Waals surface area contributed by atoms with E-state index in [0.29, 0.717) is 10.2 Å². The molecule has 1 amide bonds. The Labute approximate surface area is 161 Å². The fraction of sp³-hybridized carbons (Fsp3) is 0.353. The zero-order valence-corrected chi connectivity index (χ0v) is 15.7. The summed E-state index contributed by atoms with van der Waals surface area (Å²) >= 11 is 9.25. The third-order valence-electron chi connectivity index (χ3n) is 3.89. The van der Waals surface area contributed by atoms with Crippen molar-refractivity contribution >= 4 is 33.4 Å². The Kier molecular flexibility index (Phi) is 5.53. The summed E-state index contributed by atoms with van der Waals surface area (Å²) in [5.74, 6) is -0.263. The Morgan fingerprint density at radius 1 is 1.27 bits per heavy atom. The molecule has 1 N–H and O–H groups in total. The van der Waals surface area contributed by atoms with Gasteiger partial charge in [-0.25, -0.2) is 9.97 Å². The number of rotatable bonds is 5. The topological polar surface area (TPSA) is 54.9 Å². The van der Waals surface area contributed by atoms with Crippen LogP contribution < -0.4 is 5.32 Å². The van der Waals surface area contributed by atoms with Gasteiger partial charge in [-0.3, -0.25) is 4.79 Å². The minimum Gasteiger partial charge on any atom is -0.352 e. The van der Waals surface area contributed by atoms with E-state index in [1.54, 1.807) is 18.2 Å². The van der Waals surface area contributed by atoms with Crippen molar-refractivity contribution in [1.29, 1.82) is 0 Å². The summed E-state index contributed by atoms with van der Waals surface area (Å²) in [7, 11) is 0. The number of carbonyl (C=O) groups excluding carboxylic acids is 1. The molecule has 2 aromatic rings. The lowest BCUT2D eigenvalue weighted by Crippen LogP contribution is -2.27. The summed E-state index contributed by atoms with van der Waals surface area (Å²) in [4.78, 5) is 20.0. The first-order chi connectivity index (χ1) is 12.2. The number of nitrogens with zero attached hydrogens (tertiary/aromatic N) is 2. The van der Waals surface area contributed by atoms with Gasteiger partial charge in [0.2, 0.25) is 0 Å². The summed E-state index contributed by atoms with van der Waals surface area (Å²) in [6.07, 6.45) is -2.74. The molecule has 1 aromatic carbocycles. The van der Waals surface area contributed by atoms with Crippen LogP contribution in [0.1, 0.15) is 46.3 Å². The summed E-state index contributed by atoms with van der Waals surface area (Å²) in [5.41, 5.74) is -0.237. The molecule has 0 bridgehead atoms. The van der Waals surface area contributed by atoms with E-state index in [1.165, 1.54) is 0 Å². The minimum atomic E-state index is -4.52. The van der Waals surface area contributed by atoms with Gasteiger partial charge in [-0.15, -0.1) is 0 Å². The highest BCUT2D eigenvalue weighted by Gasteiger charge is 2.35. The van der Waals surface area contributed by atoms with E-state index in [2.05, 4.69) is 31.2 Å². The SMILES string of the molecule is O=C(NCCc1nc(C2CC2)cc(C(F)(F)F)n1)c1cc(Br)ccc1Cl. The molecule has 1 heterocycles. The highest BCUT2D eigenvalue weighted by Crippen LogP contribution is 2.40. The second-order valence-electron chi connectivity index (χ2n) is 6.00. The maximum absolute atomic E-state index is 13.0. The molecular weight excluding hydrogens is 435 g/mol. The van der Waals surface area contributed by atoms with Crippen molar-refractivity contribution < 1.29 is 18.0 Å². The third-order valence-corrected chi connectivity index (χ3v) is 4.71. The van der Waals surface area contributed by atoms with Crippen molar-refractivity contribution in [2.24, 2.45) is 0 Å². The molecule has 0 spiro atoms. The number of nitrogens with one attached hydrogen (secondary N) is 1. The smallest absolute Gasteiger partial charge is 0.352 e. The molecule has 3 rings (SSSR count). The number of alkyl halides is 3. The highest BCUT2D eigenvalue weighted by atomic mass is 79.9. The molecule has 0 atom stereocenters. The van der Waals surface area contributed by atoms with E-state index >= 15 is 0 Å². The maximum Gasteiger partial charge on any atom is 0.433 e. The van der Waals surface area contributed by atoms with Crippen molar-refractivity contribution in [3.8, 4) is 0 Å². The van der Waals surface area contributed by atoms with E-state index in [1.807, 2.05) is 0 Å². The molecule has 0 saturated heterocycles. The molecule has 1 fully saturated rings. The molecule has 9 heteroatoms. The van der Waals surface area contributed by atoms with Gasteiger partial charge in [0.1, 0.15) is 11.5 Å². The molecule has 1 aromatic heterocycles. The molecule has 138 valence electrons. The third kappa shape index (κ3) is 4.73. The monoisotopic (exact) mass is 447 g/mol. The second kappa shape index (κ2) is 7.52. The predicted molar refractivity (Wildman–Crippen MR) is 94.2 cm³/mol. The Hall–Kier alpha value is -1.67. The number of carbonyl (C=O) groups is 1. The summed E-state index contributed by atoms with van der Waals surface area (Å²) < 4.78 is 39.7. The lowest BCUT2D eigenvalue weighted by Gasteiger charge is -2.11. The van der Waals surface area contributed by atoms with Crippen LogP contribution in [0.25, 0.3) is 0 Å². The van der Waals surface area contributed by atoms with E-state index in [4.69, 9.17) is 11.6 Å². The zero-order chi connectivity index (χ0) is 18.9. The van der Waals surface area contributed by atoms with Gasteiger partial charge in [-0.2, -0.15) is 13.2 Å². The van der Waals surface area contributed by atoms with Crippen LogP contribution in [0.15, 0.2) is 28.7 Å². The second-order valence-corrected chi connectivity index (χ2v) is 7.32. The fourth-order valence-electron chi connectivity index (χ4n) is 2.42. The van der Waals surface area contributed by atoms with Crippen molar-refractivity contribution in [2.45, 2.75) is 31.4 Å². The number of aromatic nitrogens is 2. The Morgan fingerprint density at radius 2 is 2.00 bits per heavy atom. The van der Waals surface area contributed by atoms with Crippen LogP contribution in [-0.2, 0) is 12.6 Å². The van der Waals surface area contributed by atoms with E-state index in [-0.39, 0.29) is 35.3 Å². The molecular formula is C17H14BrClF3N3O. The van der Waals surface area contributed by atoms with Crippen molar-refractivity contribution in [1.82, 2.24) is 15.3 Å². The Bertz CT molecular complexity index is 840. The van der Waals surface area contributed by atoms with Crippen molar-refractivity contribution in [3.05, 3.63) is 56.5 Å². The lowest BCUT2D eigenvalue weighted by molar-refractivity contribution is -0.141. The van der Waals surface area contributed by atoms with Gasteiger partial charge < -0.3 is 5.32 Å². The molecule has 1 saturated carbocycles. The van der Waals surface area contributed by atoms with Crippen molar-refractivity contribution in [2.75, 3.05) is 6.54 Å².